The fraction of sp³-hybridized carbons (Fsp3) is 0.333. The van der Waals surface area contributed by atoms with E-state index in [1.807, 2.05) is 43.9 Å². The maximum atomic E-state index is 13.7. The molecule has 0 N–H and O–H groups in total. The summed E-state index contributed by atoms with van der Waals surface area (Å²) in [6, 6.07) is 7.39. The number of ether oxygens (including phenoxy) is 1. The summed E-state index contributed by atoms with van der Waals surface area (Å²) in [5, 5.41) is 0. The van der Waals surface area contributed by atoms with Crippen LogP contribution in [0.25, 0.3) is 6.08 Å². The van der Waals surface area contributed by atoms with Gasteiger partial charge in [0.25, 0.3) is 0 Å². The molecule has 0 saturated carbocycles. The first-order valence-electron chi connectivity index (χ1n) is 4.95. The molecule has 0 aromatic heterocycles. The minimum absolute atomic E-state index is 0.0210. The van der Waals surface area contributed by atoms with Gasteiger partial charge in [-0.25, -0.2) is 4.39 Å². The molecule has 0 heterocycles. The van der Waals surface area contributed by atoms with E-state index in [1.54, 1.807) is 13.2 Å². The molecule has 0 fully saturated rings. The Morgan fingerprint density at radius 3 is 2.13 bits per heavy atom. The Balaban J connectivity index is 2.89. The standard InChI is InChI=1S/C12H17FOSi/c1-14-11-7-5-10(6-8-11)9-12(13)15(2,3)4/h5-9H,1-4H3/b12-9-. The van der Waals surface area contributed by atoms with Gasteiger partial charge in [-0.3, -0.25) is 0 Å². The first-order chi connectivity index (χ1) is 6.93. The summed E-state index contributed by atoms with van der Waals surface area (Å²) in [6.45, 7) is 5.97. The van der Waals surface area contributed by atoms with E-state index in [2.05, 4.69) is 0 Å². The molecule has 1 nitrogen and oxygen atoms in total. The topological polar surface area (TPSA) is 9.23 Å². The number of methoxy groups -OCH3 is 1. The van der Waals surface area contributed by atoms with Crippen LogP contribution < -0.4 is 4.74 Å². The third kappa shape index (κ3) is 3.51. The van der Waals surface area contributed by atoms with Gasteiger partial charge in [-0.15, -0.1) is 0 Å². The van der Waals surface area contributed by atoms with Crippen LogP contribution >= 0.6 is 0 Å². The van der Waals surface area contributed by atoms with E-state index in [0.29, 0.717) is 0 Å². The third-order valence-corrected chi connectivity index (χ3v) is 3.70. The van der Waals surface area contributed by atoms with Gasteiger partial charge in [0.05, 0.1) is 12.6 Å². The van der Waals surface area contributed by atoms with Crippen molar-refractivity contribution in [2.24, 2.45) is 0 Å². The highest BCUT2D eigenvalue weighted by atomic mass is 28.3. The minimum atomic E-state index is -1.80. The lowest BCUT2D eigenvalue weighted by molar-refractivity contribution is 0.415. The first kappa shape index (κ1) is 12.0. The second kappa shape index (κ2) is 4.62. The van der Waals surface area contributed by atoms with E-state index in [-0.39, 0.29) is 5.45 Å². The Morgan fingerprint density at radius 1 is 1.20 bits per heavy atom. The lowest BCUT2D eigenvalue weighted by Crippen LogP contribution is -2.20. The Labute approximate surface area is 91.6 Å². The smallest absolute Gasteiger partial charge is 0.118 e. The van der Waals surface area contributed by atoms with Crippen LogP contribution in [0.4, 0.5) is 4.39 Å². The molecular weight excluding hydrogens is 207 g/mol. The van der Waals surface area contributed by atoms with Crippen molar-refractivity contribution in [3.05, 3.63) is 35.3 Å². The van der Waals surface area contributed by atoms with Crippen molar-refractivity contribution in [2.75, 3.05) is 7.11 Å². The second-order valence-corrected chi connectivity index (χ2v) is 9.49. The van der Waals surface area contributed by atoms with E-state index in [9.17, 15) is 4.39 Å². The van der Waals surface area contributed by atoms with E-state index in [1.165, 1.54) is 0 Å². The highest BCUT2D eigenvalue weighted by molar-refractivity contribution is 6.83. The summed E-state index contributed by atoms with van der Waals surface area (Å²) < 4.78 is 18.7. The molecule has 15 heavy (non-hydrogen) atoms. The van der Waals surface area contributed by atoms with Crippen LogP contribution in [-0.4, -0.2) is 15.2 Å². The maximum absolute atomic E-state index is 13.7. The number of rotatable bonds is 3. The normalized spacial score (nSPS) is 12.7. The Kier molecular flexibility index (Phi) is 3.69. The average molecular weight is 224 g/mol. The van der Waals surface area contributed by atoms with Gasteiger partial charge in [0, 0.05) is 0 Å². The van der Waals surface area contributed by atoms with Gasteiger partial charge in [0.2, 0.25) is 0 Å². The van der Waals surface area contributed by atoms with Crippen LogP contribution in [0.1, 0.15) is 5.56 Å². The van der Waals surface area contributed by atoms with Crippen LogP contribution in [0.3, 0.4) is 0 Å². The van der Waals surface area contributed by atoms with E-state index < -0.39 is 8.07 Å². The summed E-state index contributed by atoms with van der Waals surface area (Å²) in [7, 11) is -0.184. The van der Waals surface area contributed by atoms with Gasteiger partial charge >= 0.3 is 0 Å². The van der Waals surface area contributed by atoms with Crippen LogP contribution in [0.2, 0.25) is 19.6 Å². The number of halogens is 1. The highest BCUT2D eigenvalue weighted by Gasteiger charge is 2.19. The SMILES string of the molecule is COc1ccc(/C=C(/F)[Si](C)(C)C)cc1. The fourth-order valence-electron chi connectivity index (χ4n) is 1.06. The minimum Gasteiger partial charge on any atom is -0.497 e. The van der Waals surface area contributed by atoms with Gasteiger partial charge in [-0.1, -0.05) is 31.8 Å². The van der Waals surface area contributed by atoms with Gasteiger partial charge in [0.15, 0.2) is 0 Å². The lowest BCUT2D eigenvalue weighted by Gasteiger charge is -2.12. The van der Waals surface area contributed by atoms with Crippen molar-refractivity contribution in [3.8, 4) is 5.75 Å². The van der Waals surface area contributed by atoms with Crippen molar-refractivity contribution in [2.45, 2.75) is 19.6 Å². The molecule has 0 aliphatic heterocycles. The molecule has 1 aromatic carbocycles. The summed E-state index contributed by atoms with van der Waals surface area (Å²) >= 11 is 0. The highest BCUT2D eigenvalue weighted by Crippen LogP contribution is 2.20. The monoisotopic (exact) mass is 224 g/mol. The van der Waals surface area contributed by atoms with E-state index in [0.717, 1.165) is 11.3 Å². The van der Waals surface area contributed by atoms with Crippen molar-refractivity contribution in [1.82, 2.24) is 0 Å². The Bertz CT molecular complexity index is 349. The molecule has 82 valence electrons. The zero-order chi connectivity index (χ0) is 11.5. The van der Waals surface area contributed by atoms with Crippen LogP contribution in [0, 0.1) is 0 Å². The molecule has 1 aromatic rings. The number of hydrogen-bond acceptors (Lipinski definition) is 1. The summed E-state index contributed by atoms with van der Waals surface area (Å²) in [5.74, 6) is 0.792. The molecule has 0 unspecified atom stereocenters. The van der Waals surface area contributed by atoms with E-state index >= 15 is 0 Å². The van der Waals surface area contributed by atoms with Crippen LogP contribution in [0.5, 0.6) is 5.75 Å². The zero-order valence-electron chi connectivity index (χ0n) is 9.67. The molecule has 0 amide bonds. The second-order valence-electron chi connectivity index (χ2n) is 4.52. The fourth-order valence-corrected chi connectivity index (χ4v) is 1.66. The molecule has 1 rings (SSSR count). The average Bonchev–Trinajstić information content (AvgIpc) is 2.17. The Morgan fingerprint density at radius 2 is 1.73 bits per heavy atom. The quantitative estimate of drug-likeness (QED) is 0.708. The van der Waals surface area contributed by atoms with Crippen molar-refractivity contribution in [1.29, 1.82) is 0 Å². The predicted molar refractivity (Wildman–Crippen MR) is 65.4 cm³/mol. The lowest BCUT2D eigenvalue weighted by atomic mass is 10.2. The predicted octanol–water partition coefficient (Wildman–Crippen LogP) is 3.88. The summed E-state index contributed by atoms with van der Waals surface area (Å²) in [6.07, 6.45) is 1.62. The molecular formula is C12H17FOSi. The molecule has 0 radical (unpaired) electrons. The molecule has 0 bridgehead atoms. The molecule has 0 spiro atoms. The Hall–Kier alpha value is -1.09. The maximum Gasteiger partial charge on any atom is 0.118 e. The van der Waals surface area contributed by atoms with Gasteiger partial charge in [-0.2, -0.15) is 0 Å². The van der Waals surface area contributed by atoms with Gasteiger partial charge in [-0.05, 0) is 23.8 Å². The largest absolute Gasteiger partial charge is 0.497 e. The number of benzene rings is 1. The third-order valence-electron chi connectivity index (χ3n) is 2.13. The molecule has 0 saturated heterocycles. The number of hydrogen-bond donors (Lipinski definition) is 0. The summed E-state index contributed by atoms with van der Waals surface area (Å²) in [5.41, 5.74) is 0.906. The van der Waals surface area contributed by atoms with Crippen LogP contribution in [0.15, 0.2) is 29.7 Å². The molecule has 0 atom stereocenters. The molecule has 3 heteroatoms. The van der Waals surface area contributed by atoms with Crippen molar-refractivity contribution in [3.63, 3.8) is 0 Å². The van der Waals surface area contributed by atoms with Gasteiger partial charge in [0.1, 0.15) is 13.8 Å². The zero-order valence-corrected chi connectivity index (χ0v) is 10.7. The molecule has 0 aliphatic rings. The van der Waals surface area contributed by atoms with Crippen molar-refractivity contribution >= 4 is 14.1 Å². The first-order valence-corrected chi connectivity index (χ1v) is 8.45. The summed E-state index contributed by atoms with van der Waals surface area (Å²) in [4.78, 5) is 0. The van der Waals surface area contributed by atoms with Crippen LogP contribution in [-0.2, 0) is 0 Å². The van der Waals surface area contributed by atoms with E-state index in [4.69, 9.17) is 4.74 Å². The molecule has 0 aliphatic carbocycles. The van der Waals surface area contributed by atoms with Crippen molar-refractivity contribution < 1.29 is 9.13 Å². The van der Waals surface area contributed by atoms with Gasteiger partial charge < -0.3 is 4.74 Å².